The normalized spacial score (nSPS) is 12.1. The van der Waals surface area contributed by atoms with Gasteiger partial charge in [-0.1, -0.05) is 36.4 Å². The van der Waals surface area contributed by atoms with Gasteiger partial charge >= 0.3 is 0 Å². The number of halogens is 2. The molecule has 8 heteroatoms. The van der Waals surface area contributed by atoms with Crippen molar-refractivity contribution in [3.05, 3.63) is 88.5 Å². The largest absolute Gasteiger partial charge is 0.348 e. The van der Waals surface area contributed by atoms with Gasteiger partial charge in [-0.15, -0.1) is 11.3 Å². The molecule has 2 aromatic heterocycles. The summed E-state index contributed by atoms with van der Waals surface area (Å²) in [5.74, 6) is -1.91. The molecule has 5 nitrogen and oxygen atoms in total. The number of benzene rings is 2. The molecular formula is C22H17F2N3O2S. The van der Waals surface area contributed by atoms with E-state index in [9.17, 15) is 18.4 Å². The molecule has 152 valence electrons. The molecule has 0 aliphatic rings. The van der Waals surface area contributed by atoms with E-state index in [1.54, 1.807) is 13.0 Å². The fourth-order valence-electron chi connectivity index (χ4n) is 3.19. The second kappa shape index (κ2) is 8.16. The summed E-state index contributed by atoms with van der Waals surface area (Å²) in [5, 5.41) is 3.06. The molecule has 4 aromatic rings. The molecule has 0 fully saturated rings. The number of carbonyl (C=O) groups excluding carboxylic acids is 1. The number of carbonyl (C=O) groups is 1. The van der Waals surface area contributed by atoms with Gasteiger partial charge in [-0.3, -0.25) is 14.2 Å². The molecule has 0 bridgehead atoms. The lowest BCUT2D eigenvalue weighted by molar-refractivity contribution is -0.122. The highest BCUT2D eigenvalue weighted by molar-refractivity contribution is 7.21. The van der Waals surface area contributed by atoms with Gasteiger partial charge in [0.1, 0.15) is 23.0 Å². The van der Waals surface area contributed by atoms with Gasteiger partial charge in [0.2, 0.25) is 5.91 Å². The highest BCUT2D eigenvalue weighted by Crippen LogP contribution is 2.30. The van der Waals surface area contributed by atoms with Crippen LogP contribution in [0, 0.1) is 11.6 Å². The molecule has 1 N–H and O–H groups in total. The molecule has 2 aromatic carbocycles. The average molecular weight is 425 g/mol. The zero-order valence-corrected chi connectivity index (χ0v) is 16.7. The van der Waals surface area contributed by atoms with Crippen LogP contribution >= 0.6 is 11.3 Å². The van der Waals surface area contributed by atoms with E-state index in [-0.39, 0.29) is 17.7 Å². The average Bonchev–Trinajstić information content (AvgIpc) is 3.16. The number of hydrogen-bond donors (Lipinski definition) is 1. The van der Waals surface area contributed by atoms with Crippen LogP contribution < -0.4 is 10.9 Å². The van der Waals surface area contributed by atoms with Gasteiger partial charge in [0, 0.05) is 16.5 Å². The van der Waals surface area contributed by atoms with Crippen LogP contribution in [-0.2, 0) is 11.3 Å². The second-order valence-corrected chi connectivity index (χ2v) is 7.86. The minimum Gasteiger partial charge on any atom is -0.348 e. The van der Waals surface area contributed by atoms with Gasteiger partial charge in [0.15, 0.2) is 0 Å². The van der Waals surface area contributed by atoms with Gasteiger partial charge in [-0.25, -0.2) is 13.8 Å². The van der Waals surface area contributed by atoms with Crippen LogP contribution in [0.25, 0.3) is 20.7 Å². The van der Waals surface area contributed by atoms with Crippen molar-refractivity contribution in [2.45, 2.75) is 19.5 Å². The Kier molecular flexibility index (Phi) is 5.41. The summed E-state index contributed by atoms with van der Waals surface area (Å²) in [4.78, 5) is 31.0. The Hall–Kier alpha value is -3.39. The van der Waals surface area contributed by atoms with Crippen molar-refractivity contribution >= 4 is 27.5 Å². The SMILES string of the molecule is CC(NC(=O)Cn1cnc2sc(-c3ccccc3)cc2c1=O)c1ccc(F)cc1F. The lowest BCUT2D eigenvalue weighted by atomic mass is 10.1. The van der Waals surface area contributed by atoms with E-state index >= 15 is 0 Å². The van der Waals surface area contributed by atoms with Crippen LogP contribution in [0.5, 0.6) is 0 Å². The molecule has 0 spiro atoms. The first-order valence-corrected chi connectivity index (χ1v) is 10.0. The number of amides is 1. The van der Waals surface area contributed by atoms with E-state index in [0.29, 0.717) is 10.2 Å². The number of thiophene rings is 1. The van der Waals surface area contributed by atoms with Crippen molar-refractivity contribution in [3.63, 3.8) is 0 Å². The Morgan fingerprint density at radius 2 is 1.93 bits per heavy atom. The number of nitrogens with zero attached hydrogens (tertiary/aromatic N) is 2. The van der Waals surface area contributed by atoms with Crippen molar-refractivity contribution in [3.8, 4) is 10.4 Å². The van der Waals surface area contributed by atoms with Crippen molar-refractivity contribution < 1.29 is 13.6 Å². The summed E-state index contributed by atoms with van der Waals surface area (Å²) in [6.07, 6.45) is 1.33. The highest BCUT2D eigenvalue weighted by Gasteiger charge is 2.16. The minimum absolute atomic E-state index is 0.163. The molecule has 0 saturated carbocycles. The summed E-state index contributed by atoms with van der Waals surface area (Å²) in [6.45, 7) is 1.33. The van der Waals surface area contributed by atoms with E-state index in [1.807, 2.05) is 30.3 Å². The molecule has 1 atom stereocenters. The molecule has 4 rings (SSSR count). The minimum atomic E-state index is -0.741. The maximum absolute atomic E-state index is 13.9. The third-order valence-corrected chi connectivity index (χ3v) is 5.79. The van der Waals surface area contributed by atoms with E-state index in [1.165, 1.54) is 28.3 Å². The maximum atomic E-state index is 13.9. The van der Waals surface area contributed by atoms with Crippen LogP contribution in [0.4, 0.5) is 8.78 Å². The zero-order chi connectivity index (χ0) is 21.3. The Morgan fingerprint density at radius 1 is 1.17 bits per heavy atom. The monoisotopic (exact) mass is 425 g/mol. The molecule has 1 unspecified atom stereocenters. The molecular weight excluding hydrogens is 408 g/mol. The van der Waals surface area contributed by atoms with Gasteiger partial charge in [0.05, 0.1) is 17.8 Å². The number of rotatable bonds is 5. The standard InChI is InChI=1S/C22H17F2N3O2S/c1-13(16-8-7-15(23)9-18(16)24)26-20(28)11-27-12-25-21-17(22(27)29)10-19(30-21)14-5-3-2-4-6-14/h2-10,12-13H,11H2,1H3,(H,26,28). The summed E-state index contributed by atoms with van der Waals surface area (Å²) in [7, 11) is 0. The third-order valence-electron chi connectivity index (χ3n) is 4.70. The highest BCUT2D eigenvalue weighted by atomic mass is 32.1. The third kappa shape index (κ3) is 3.99. The Morgan fingerprint density at radius 3 is 2.67 bits per heavy atom. The van der Waals surface area contributed by atoms with Gasteiger partial charge < -0.3 is 5.32 Å². The fraction of sp³-hybridized carbons (Fsp3) is 0.136. The van der Waals surface area contributed by atoms with Crippen molar-refractivity contribution in [1.82, 2.24) is 14.9 Å². The van der Waals surface area contributed by atoms with Crippen LogP contribution in [0.2, 0.25) is 0 Å². The van der Waals surface area contributed by atoms with E-state index in [4.69, 9.17) is 0 Å². The van der Waals surface area contributed by atoms with Crippen LogP contribution in [0.1, 0.15) is 18.5 Å². The lowest BCUT2D eigenvalue weighted by Gasteiger charge is -2.15. The molecule has 0 saturated heterocycles. The predicted molar refractivity (Wildman–Crippen MR) is 112 cm³/mol. The summed E-state index contributed by atoms with van der Waals surface area (Å²) < 4.78 is 28.2. The molecule has 2 heterocycles. The Bertz CT molecular complexity index is 1280. The van der Waals surface area contributed by atoms with Crippen LogP contribution in [0.15, 0.2) is 65.7 Å². The summed E-state index contributed by atoms with van der Waals surface area (Å²) in [6, 6.07) is 13.9. The van der Waals surface area contributed by atoms with E-state index in [2.05, 4.69) is 10.3 Å². The van der Waals surface area contributed by atoms with Gasteiger partial charge in [-0.2, -0.15) is 0 Å². The summed E-state index contributed by atoms with van der Waals surface area (Å²) in [5.41, 5.74) is 0.824. The van der Waals surface area contributed by atoms with Gasteiger partial charge in [-0.05, 0) is 24.6 Å². The molecule has 30 heavy (non-hydrogen) atoms. The first kappa shape index (κ1) is 19.9. The zero-order valence-electron chi connectivity index (χ0n) is 15.9. The van der Waals surface area contributed by atoms with Crippen LogP contribution in [0.3, 0.4) is 0 Å². The first-order chi connectivity index (χ1) is 14.4. The molecule has 0 aliphatic heterocycles. The van der Waals surface area contributed by atoms with E-state index in [0.717, 1.165) is 22.6 Å². The van der Waals surface area contributed by atoms with Crippen molar-refractivity contribution in [2.75, 3.05) is 0 Å². The molecule has 0 aliphatic carbocycles. The first-order valence-electron chi connectivity index (χ1n) is 9.21. The topological polar surface area (TPSA) is 64.0 Å². The molecule has 1 amide bonds. The quantitative estimate of drug-likeness (QED) is 0.519. The van der Waals surface area contributed by atoms with Crippen LogP contribution in [-0.4, -0.2) is 15.5 Å². The predicted octanol–water partition coefficient (Wildman–Crippen LogP) is 4.28. The Balaban J connectivity index is 1.54. The number of nitrogens with one attached hydrogen (secondary N) is 1. The Labute approximate surface area is 174 Å². The fourth-order valence-corrected chi connectivity index (χ4v) is 4.18. The number of hydrogen-bond acceptors (Lipinski definition) is 4. The summed E-state index contributed by atoms with van der Waals surface area (Å²) >= 11 is 1.41. The molecule has 0 radical (unpaired) electrons. The van der Waals surface area contributed by atoms with Crippen molar-refractivity contribution in [2.24, 2.45) is 0 Å². The van der Waals surface area contributed by atoms with Crippen molar-refractivity contribution in [1.29, 1.82) is 0 Å². The number of fused-ring (bicyclic) bond motifs is 1. The van der Waals surface area contributed by atoms with Gasteiger partial charge in [0.25, 0.3) is 5.56 Å². The second-order valence-electron chi connectivity index (χ2n) is 6.83. The van der Waals surface area contributed by atoms with E-state index < -0.39 is 23.6 Å². The number of aromatic nitrogens is 2. The smallest absolute Gasteiger partial charge is 0.262 e. The maximum Gasteiger partial charge on any atom is 0.262 e. The lowest BCUT2D eigenvalue weighted by Crippen LogP contribution is -2.34.